The summed E-state index contributed by atoms with van der Waals surface area (Å²) in [5.74, 6) is 0.687. The van der Waals surface area contributed by atoms with Crippen LogP contribution in [0.4, 0.5) is 10.1 Å². The standard InChI is InChI=1S/C16H15FN2O4S/c17-11-1-3-12(4-2-11)18-13-8-19(9-13)24(20,21)14-5-6-15-16(7-14)23-10-22-15/h1-7,13,18H,8-10H2. The second-order valence-corrected chi connectivity index (χ2v) is 7.62. The number of nitrogens with zero attached hydrogens (tertiary/aromatic N) is 1. The van der Waals surface area contributed by atoms with Crippen LogP contribution in [0.25, 0.3) is 0 Å². The molecule has 2 aliphatic rings. The maximum atomic E-state index is 12.9. The van der Waals surface area contributed by atoms with Crippen molar-refractivity contribution < 1.29 is 22.3 Å². The predicted octanol–water partition coefficient (Wildman–Crippen LogP) is 2.04. The molecular weight excluding hydrogens is 335 g/mol. The Kier molecular flexibility index (Phi) is 3.58. The van der Waals surface area contributed by atoms with Gasteiger partial charge in [-0.15, -0.1) is 0 Å². The van der Waals surface area contributed by atoms with Crippen molar-refractivity contribution in [2.24, 2.45) is 0 Å². The number of halogens is 1. The van der Waals surface area contributed by atoms with E-state index in [1.165, 1.54) is 28.6 Å². The average Bonchev–Trinajstić information content (AvgIpc) is 2.99. The van der Waals surface area contributed by atoms with Crippen LogP contribution < -0.4 is 14.8 Å². The van der Waals surface area contributed by atoms with Gasteiger partial charge in [-0.1, -0.05) is 0 Å². The number of benzene rings is 2. The highest BCUT2D eigenvalue weighted by Gasteiger charge is 2.37. The van der Waals surface area contributed by atoms with Crippen molar-refractivity contribution in [3.63, 3.8) is 0 Å². The molecule has 0 amide bonds. The van der Waals surface area contributed by atoms with E-state index in [9.17, 15) is 12.8 Å². The fourth-order valence-corrected chi connectivity index (χ4v) is 4.24. The lowest BCUT2D eigenvalue weighted by molar-refractivity contribution is 0.174. The number of anilines is 1. The third kappa shape index (κ3) is 2.67. The van der Waals surface area contributed by atoms with Crippen LogP contribution in [0.2, 0.25) is 0 Å². The summed E-state index contributed by atoms with van der Waals surface area (Å²) in [6.07, 6.45) is 0. The molecule has 6 nitrogen and oxygen atoms in total. The second-order valence-electron chi connectivity index (χ2n) is 5.69. The zero-order valence-corrected chi connectivity index (χ0v) is 13.4. The number of rotatable bonds is 4. The molecule has 8 heteroatoms. The maximum Gasteiger partial charge on any atom is 0.243 e. The van der Waals surface area contributed by atoms with E-state index in [0.717, 1.165) is 5.69 Å². The van der Waals surface area contributed by atoms with Crippen LogP contribution >= 0.6 is 0 Å². The molecule has 1 saturated heterocycles. The van der Waals surface area contributed by atoms with Crippen molar-refractivity contribution in [3.8, 4) is 11.5 Å². The normalized spacial score (nSPS) is 17.5. The maximum absolute atomic E-state index is 12.9. The third-order valence-electron chi connectivity index (χ3n) is 4.04. The van der Waals surface area contributed by atoms with E-state index >= 15 is 0 Å². The number of ether oxygens (including phenoxy) is 2. The number of sulfonamides is 1. The minimum Gasteiger partial charge on any atom is -0.454 e. The second kappa shape index (κ2) is 5.64. The highest BCUT2D eigenvalue weighted by atomic mass is 32.2. The third-order valence-corrected chi connectivity index (χ3v) is 5.87. The first kappa shape index (κ1) is 15.2. The Morgan fingerprint density at radius 2 is 1.75 bits per heavy atom. The topological polar surface area (TPSA) is 67.9 Å². The van der Waals surface area contributed by atoms with Gasteiger partial charge in [0.1, 0.15) is 5.82 Å². The molecule has 0 radical (unpaired) electrons. The van der Waals surface area contributed by atoms with E-state index < -0.39 is 10.0 Å². The van der Waals surface area contributed by atoms with E-state index in [4.69, 9.17) is 9.47 Å². The molecule has 1 fully saturated rings. The van der Waals surface area contributed by atoms with Gasteiger partial charge in [0.15, 0.2) is 11.5 Å². The molecule has 0 aliphatic carbocycles. The summed E-state index contributed by atoms with van der Waals surface area (Å²) >= 11 is 0. The summed E-state index contributed by atoms with van der Waals surface area (Å²) in [6, 6.07) is 10.6. The lowest BCUT2D eigenvalue weighted by Gasteiger charge is -2.38. The van der Waals surface area contributed by atoms with Crippen molar-refractivity contribution in [2.75, 3.05) is 25.2 Å². The summed E-state index contributed by atoms with van der Waals surface area (Å²) in [5.41, 5.74) is 0.765. The molecule has 0 atom stereocenters. The summed E-state index contributed by atoms with van der Waals surface area (Å²) in [4.78, 5) is 0.187. The van der Waals surface area contributed by atoms with Crippen molar-refractivity contribution >= 4 is 15.7 Å². The van der Waals surface area contributed by atoms with Crippen LogP contribution in [-0.2, 0) is 10.0 Å². The Bertz CT molecular complexity index is 864. The van der Waals surface area contributed by atoms with Crippen molar-refractivity contribution in [1.82, 2.24) is 4.31 Å². The van der Waals surface area contributed by atoms with Gasteiger partial charge in [-0.3, -0.25) is 0 Å². The summed E-state index contributed by atoms with van der Waals surface area (Å²) in [5, 5.41) is 3.18. The fourth-order valence-electron chi connectivity index (χ4n) is 2.69. The highest BCUT2D eigenvalue weighted by molar-refractivity contribution is 7.89. The smallest absolute Gasteiger partial charge is 0.243 e. The molecule has 0 unspecified atom stereocenters. The summed E-state index contributed by atoms with van der Waals surface area (Å²) in [6.45, 7) is 0.814. The minimum absolute atomic E-state index is 0.000697. The first-order valence-electron chi connectivity index (χ1n) is 7.44. The van der Waals surface area contributed by atoms with E-state index in [0.29, 0.717) is 24.6 Å². The van der Waals surface area contributed by atoms with E-state index in [1.54, 1.807) is 18.2 Å². The summed E-state index contributed by atoms with van der Waals surface area (Å²) < 4.78 is 49.9. The van der Waals surface area contributed by atoms with Crippen LogP contribution in [-0.4, -0.2) is 38.6 Å². The van der Waals surface area contributed by atoms with Gasteiger partial charge in [0.25, 0.3) is 0 Å². The zero-order valence-electron chi connectivity index (χ0n) is 12.6. The first-order chi connectivity index (χ1) is 11.5. The van der Waals surface area contributed by atoms with Gasteiger partial charge in [-0.2, -0.15) is 4.31 Å². The van der Waals surface area contributed by atoms with Crippen LogP contribution in [0.15, 0.2) is 47.4 Å². The molecule has 24 heavy (non-hydrogen) atoms. The van der Waals surface area contributed by atoms with E-state index in [2.05, 4.69) is 5.32 Å². The quantitative estimate of drug-likeness (QED) is 0.914. The van der Waals surface area contributed by atoms with Crippen LogP contribution in [0.5, 0.6) is 11.5 Å². The highest BCUT2D eigenvalue weighted by Crippen LogP contribution is 2.35. The van der Waals surface area contributed by atoms with Gasteiger partial charge < -0.3 is 14.8 Å². The molecule has 4 rings (SSSR count). The first-order valence-corrected chi connectivity index (χ1v) is 8.88. The van der Waals surface area contributed by atoms with Gasteiger partial charge in [0, 0.05) is 24.8 Å². The number of nitrogens with one attached hydrogen (secondary N) is 1. The Labute approximate surface area is 138 Å². The monoisotopic (exact) mass is 350 g/mol. The largest absolute Gasteiger partial charge is 0.454 e. The molecule has 0 saturated carbocycles. The van der Waals surface area contributed by atoms with Gasteiger partial charge in [-0.05, 0) is 36.4 Å². The average molecular weight is 350 g/mol. The van der Waals surface area contributed by atoms with Crippen molar-refractivity contribution in [1.29, 1.82) is 0 Å². The van der Waals surface area contributed by atoms with Crippen LogP contribution in [0.1, 0.15) is 0 Å². The Hall–Kier alpha value is -2.32. The number of hydrogen-bond acceptors (Lipinski definition) is 5. The van der Waals surface area contributed by atoms with Crippen LogP contribution in [0.3, 0.4) is 0 Å². The predicted molar refractivity (Wildman–Crippen MR) is 85.1 cm³/mol. The molecular formula is C16H15FN2O4S. The molecule has 2 heterocycles. The zero-order chi connectivity index (χ0) is 16.7. The lowest BCUT2D eigenvalue weighted by atomic mass is 10.1. The van der Waals surface area contributed by atoms with Gasteiger partial charge >= 0.3 is 0 Å². The van der Waals surface area contributed by atoms with Crippen LogP contribution in [0, 0.1) is 5.82 Å². The molecule has 0 bridgehead atoms. The molecule has 126 valence electrons. The number of hydrogen-bond donors (Lipinski definition) is 1. The van der Waals surface area contributed by atoms with Gasteiger partial charge in [-0.25, -0.2) is 12.8 Å². The molecule has 0 aromatic heterocycles. The Balaban J connectivity index is 1.43. The SMILES string of the molecule is O=S(=O)(c1ccc2c(c1)OCO2)N1CC(Nc2ccc(F)cc2)C1. The summed E-state index contributed by atoms with van der Waals surface area (Å²) in [7, 11) is -3.56. The van der Waals surface area contributed by atoms with E-state index in [1.807, 2.05) is 0 Å². The van der Waals surface area contributed by atoms with Gasteiger partial charge in [0.2, 0.25) is 16.8 Å². The minimum atomic E-state index is -3.56. The lowest BCUT2D eigenvalue weighted by Crippen LogP contribution is -2.56. The Morgan fingerprint density at radius 1 is 1.04 bits per heavy atom. The number of fused-ring (bicyclic) bond motifs is 1. The van der Waals surface area contributed by atoms with Crippen molar-refractivity contribution in [3.05, 3.63) is 48.3 Å². The molecule has 2 aliphatic heterocycles. The molecule has 0 spiro atoms. The molecule has 2 aromatic rings. The molecule has 2 aromatic carbocycles. The van der Waals surface area contributed by atoms with Gasteiger partial charge in [0.05, 0.1) is 10.9 Å². The van der Waals surface area contributed by atoms with Crippen molar-refractivity contribution in [2.45, 2.75) is 10.9 Å². The fraction of sp³-hybridized carbons (Fsp3) is 0.250. The molecule has 1 N–H and O–H groups in total. The van der Waals surface area contributed by atoms with E-state index in [-0.39, 0.29) is 23.5 Å². The Morgan fingerprint density at radius 3 is 2.50 bits per heavy atom.